The molecule has 1 N–H and O–H groups in total. The third kappa shape index (κ3) is 1.99. The van der Waals surface area contributed by atoms with E-state index < -0.39 is 9.84 Å². The summed E-state index contributed by atoms with van der Waals surface area (Å²) < 4.78 is 22.9. The second-order valence-electron chi connectivity index (χ2n) is 3.25. The second kappa shape index (κ2) is 3.62. The number of H-pyrrole nitrogens is 1. The molecule has 5 nitrogen and oxygen atoms in total. The number of fused-ring (bicyclic) bond motifs is 1. The molecule has 0 aromatic carbocycles. The van der Waals surface area contributed by atoms with Crippen molar-refractivity contribution in [2.45, 2.75) is 12.7 Å². The third-order valence-corrected chi connectivity index (χ3v) is 3.80. The minimum Gasteiger partial charge on any atom is -0.279 e. The van der Waals surface area contributed by atoms with Crippen molar-refractivity contribution in [2.24, 2.45) is 0 Å². The molecule has 2 aromatic heterocycles. The maximum Gasteiger partial charge on any atom is 0.155 e. The number of nitrogens with one attached hydrogen (secondary N) is 1. The van der Waals surface area contributed by atoms with Gasteiger partial charge in [0.25, 0.3) is 0 Å². The van der Waals surface area contributed by atoms with E-state index in [-0.39, 0.29) is 11.5 Å². The van der Waals surface area contributed by atoms with Crippen molar-refractivity contribution in [3.63, 3.8) is 0 Å². The van der Waals surface area contributed by atoms with Gasteiger partial charge >= 0.3 is 0 Å². The summed E-state index contributed by atoms with van der Waals surface area (Å²) in [5.74, 6) is 0.0946. The van der Waals surface area contributed by atoms with Crippen LogP contribution in [0.1, 0.15) is 12.6 Å². The number of rotatable bonds is 3. The predicted octanol–water partition coefficient (Wildman–Crippen LogP) is 0.893. The van der Waals surface area contributed by atoms with Crippen LogP contribution in [0, 0.1) is 0 Å². The molecule has 0 aliphatic rings. The number of hydrogen-bond donors (Lipinski definition) is 1. The maximum atomic E-state index is 11.4. The summed E-state index contributed by atoms with van der Waals surface area (Å²) in [7, 11) is -3.05. The summed E-state index contributed by atoms with van der Waals surface area (Å²) in [6.07, 6.45) is 1.62. The Bertz CT molecular complexity index is 574. The molecule has 6 heteroatoms. The van der Waals surface area contributed by atoms with Gasteiger partial charge in [0.15, 0.2) is 9.84 Å². The Morgan fingerprint density at radius 1 is 1.47 bits per heavy atom. The van der Waals surface area contributed by atoms with Crippen LogP contribution in [-0.4, -0.2) is 29.4 Å². The van der Waals surface area contributed by atoms with Crippen LogP contribution in [0.4, 0.5) is 0 Å². The molecule has 2 aromatic rings. The molecular formula is C9H11N3O2S. The number of pyridine rings is 1. The Balaban J connectivity index is 2.46. The number of hydrogen-bond acceptors (Lipinski definition) is 4. The highest BCUT2D eigenvalue weighted by molar-refractivity contribution is 7.90. The van der Waals surface area contributed by atoms with Crippen molar-refractivity contribution in [3.05, 3.63) is 24.0 Å². The van der Waals surface area contributed by atoms with Gasteiger partial charge in [-0.15, -0.1) is 0 Å². The molecule has 2 rings (SSSR count). The zero-order chi connectivity index (χ0) is 10.9. The third-order valence-electron chi connectivity index (χ3n) is 2.19. The van der Waals surface area contributed by atoms with Gasteiger partial charge in [0.2, 0.25) is 0 Å². The molecule has 15 heavy (non-hydrogen) atoms. The van der Waals surface area contributed by atoms with Crippen LogP contribution < -0.4 is 0 Å². The van der Waals surface area contributed by atoms with Crippen LogP contribution >= 0.6 is 0 Å². The quantitative estimate of drug-likeness (QED) is 0.841. The number of aromatic amines is 1. The summed E-state index contributed by atoms with van der Waals surface area (Å²) >= 11 is 0. The number of aromatic nitrogens is 3. The van der Waals surface area contributed by atoms with Gasteiger partial charge in [0.1, 0.15) is 11.0 Å². The van der Waals surface area contributed by atoms with Gasteiger partial charge in [-0.3, -0.25) is 10.1 Å². The summed E-state index contributed by atoms with van der Waals surface area (Å²) in [6, 6.07) is 3.56. The standard InChI is InChI=1S/C9H11N3O2S/c1-2-15(13,14)6-8-9-7(11-12-8)4-3-5-10-9/h3-5H,2,6H2,1H3,(H,11,12). The van der Waals surface area contributed by atoms with Crippen molar-refractivity contribution < 1.29 is 8.42 Å². The summed E-state index contributed by atoms with van der Waals surface area (Å²) in [5, 5.41) is 6.70. The van der Waals surface area contributed by atoms with Crippen molar-refractivity contribution >= 4 is 20.9 Å². The molecule has 2 heterocycles. The van der Waals surface area contributed by atoms with E-state index in [1.54, 1.807) is 25.3 Å². The molecule has 0 aliphatic carbocycles. The zero-order valence-corrected chi connectivity index (χ0v) is 9.08. The van der Waals surface area contributed by atoms with Crippen molar-refractivity contribution in [1.82, 2.24) is 15.2 Å². The van der Waals surface area contributed by atoms with E-state index in [0.717, 1.165) is 0 Å². The molecule has 0 atom stereocenters. The van der Waals surface area contributed by atoms with Crippen LogP contribution in [0.2, 0.25) is 0 Å². The minimum absolute atomic E-state index is 0.0307. The molecule has 0 amide bonds. The fraction of sp³-hybridized carbons (Fsp3) is 0.333. The van der Waals surface area contributed by atoms with Crippen molar-refractivity contribution in [2.75, 3.05) is 5.75 Å². The molecule has 0 saturated carbocycles. The highest BCUT2D eigenvalue weighted by atomic mass is 32.2. The number of sulfone groups is 1. The fourth-order valence-electron chi connectivity index (χ4n) is 1.32. The highest BCUT2D eigenvalue weighted by Crippen LogP contribution is 2.14. The van der Waals surface area contributed by atoms with E-state index >= 15 is 0 Å². The molecule has 0 spiro atoms. The van der Waals surface area contributed by atoms with Gasteiger partial charge in [-0.05, 0) is 12.1 Å². The SMILES string of the molecule is CCS(=O)(=O)Cc1[nH]nc2cccnc12. The summed E-state index contributed by atoms with van der Waals surface area (Å²) in [5.41, 5.74) is 1.89. The molecule has 0 bridgehead atoms. The van der Waals surface area contributed by atoms with E-state index in [0.29, 0.717) is 16.7 Å². The van der Waals surface area contributed by atoms with Gasteiger partial charge in [-0.25, -0.2) is 8.42 Å². The van der Waals surface area contributed by atoms with Crippen molar-refractivity contribution in [1.29, 1.82) is 0 Å². The fourth-order valence-corrected chi connectivity index (χ4v) is 2.17. The van der Waals surface area contributed by atoms with E-state index in [2.05, 4.69) is 15.2 Å². The van der Waals surface area contributed by atoms with Gasteiger partial charge in [-0.2, -0.15) is 5.10 Å². The zero-order valence-electron chi connectivity index (χ0n) is 8.27. The lowest BCUT2D eigenvalue weighted by molar-refractivity contribution is 0.596. The molecule has 0 aliphatic heterocycles. The molecule has 0 fully saturated rings. The Labute approximate surface area is 87.5 Å². The average molecular weight is 225 g/mol. The lowest BCUT2D eigenvalue weighted by atomic mass is 10.3. The van der Waals surface area contributed by atoms with Crippen LogP contribution in [0.3, 0.4) is 0 Å². The first kappa shape index (κ1) is 10.1. The molecule has 80 valence electrons. The smallest absolute Gasteiger partial charge is 0.155 e. The Morgan fingerprint density at radius 3 is 3.00 bits per heavy atom. The van der Waals surface area contributed by atoms with Crippen LogP contribution in [-0.2, 0) is 15.6 Å². The lowest BCUT2D eigenvalue weighted by Gasteiger charge is -1.97. The highest BCUT2D eigenvalue weighted by Gasteiger charge is 2.14. The first-order chi connectivity index (χ1) is 7.12. The van der Waals surface area contributed by atoms with E-state index in [1.807, 2.05) is 0 Å². The molecule has 0 saturated heterocycles. The summed E-state index contributed by atoms with van der Waals surface area (Å²) in [6.45, 7) is 1.63. The van der Waals surface area contributed by atoms with Crippen molar-refractivity contribution in [3.8, 4) is 0 Å². The van der Waals surface area contributed by atoms with Crippen LogP contribution in [0.15, 0.2) is 18.3 Å². The summed E-state index contributed by atoms with van der Waals surface area (Å²) in [4.78, 5) is 4.10. The van der Waals surface area contributed by atoms with Gasteiger partial charge in [0, 0.05) is 11.9 Å². The maximum absolute atomic E-state index is 11.4. The average Bonchev–Trinajstić information content (AvgIpc) is 2.62. The minimum atomic E-state index is -3.05. The first-order valence-electron chi connectivity index (χ1n) is 4.61. The normalized spacial score (nSPS) is 12.1. The van der Waals surface area contributed by atoms with E-state index in [4.69, 9.17) is 0 Å². The Morgan fingerprint density at radius 2 is 2.27 bits per heavy atom. The topological polar surface area (TPSA) is 75.7 Å². The Hall–Kier alpha value is -1.43. The largest absolute Gasteiger partial charge is 0.279 e. The number of nitrogens with zero attached hydrogens (tertiary/aromatic N) is 2. The monoisotopic (exact) mass is 225 g/mol. The van der Waals surface area contributed by atoms with Gasteiger partial charge in [-0.1, -0.05) is 6.92 Å². The van der Waals surface area contributed by atoms with E-state index in [9.17, 15) is 8.42 Å². The van der Waals surface area contributed by atoms with Crippen LogP contribution in [0.25, 0.3) is 11.0 Å². The first-order valence-corrected chi connectivity index (χ1v) is 6.43. The molecule has 0 radical (unpaired) electrons. The lowest BCUT2D eigenvalue weighted by Crippen LogP contribution is -2.07. The van der Waals surface area contributed by atoms with Crippen LogP contribution in [0.5, 0.6) is 0 Å². The van der Waals surface area contributed by atoms with Gasteiger partial charge < -0.3 is 0 Å². The van der Waals surface area contributed by atoms with E-state index in [1.165, 1.54) is 0 Å². The van der Waals surface area contributed by atoms with Gasteiger partial charge in [0.05, 0.1) is 11.4 Å². The second-order valence-corrected chi connectivity index (χ2v) is 5.60. The Kier molecular flexibility index (Phi) is 2.44. The predicted molar refractivity (Wildman–Crippen MR) is 57.1 cm³/mol. The molecule has 0 unspecified atom stereocenters. The molecular weight excluding hydrogens is 214 g/mol.